The zero-order valence-corrected chi connectivity index (χ0v) is 19.8. The van der Waals surface area contributed by atoms with Crippen LogP contribution in [0.25, 0.3) is 0 Å². The molecule has 1 N–H and O–H groups in total. The lowest BCUT2D eigenvalue weighted by atomic mass is 10.1. The van der Waals surface area contributed by atoms with E-state index in [0.29, 0.717) is 37.7 Å². The molecule has 2 amide bonds. The molecule has 2 aromatic rings. The molecule has 0 aromatic heterocycles. The molecule has 0 saturated carbocycles. The highest BCUT2D eigenvalue weighted by Crippen LogP contribution is 2.30. The first-order chi connectivity index (χ1) is 15.9. The lowest BCUT2D eigenvalue weighted by molar-refractivity contribution is -0.130. The van der Waals surface area contributed by atoms with Crippen molar-refractivity contribution < 1.29 is 24.2 Å². The van der Waals surface area contributed by atoms with Gasteiger partial charge in [-0.05, 0) is 36.9 Å². The van der Waals surface area contributed by atoms with Gasteiger partial charge in [0.25, 0.3) is 5.91 Å². The summed E-state index contributed by atoms with van der Waals surface area (Å²) in [5, 5.41) is 9.14. The molecule has 33 heavy (non-hydrogen) atoms. The summed E-state index contributed by atoms with van der Waals surface area (Å²) in [7, 11) is 3.65. The Kier molecular flexibility index (Phi) is 9.08. The number of anilines is 1. The lowest BCUT2D eigenvalue weighted by Gasteiger charge is -2.25. The van der Waals surface area contributed by atoms with Gasteiger partial charge in [-0.3, -0.25) is 14.5 Å². The Bertz CT molecular complexity index is 971. The van der Waals surface area contributed by atoms with Gasteiger partial charge >= 0.3 is 0 Å². The number of hydrogen-bond donors (Lipinski definition) is 1. The van der Waals surface area contributed by atoms with Crippen molar-refractivity contribution in [3.05, 3.63) is 58.6 Å². The van der Waals surface area contributed by atoms with Crippen LogP contribution in [0.3, 0.4) is 0 Å². The highest BCUT2D eigenvalue weighted by atomic mass is 35.5. The summed E-state index contributed by atoms with van der Waals surface area (Å²) in [6.07, 6.45) is 0. The van der Waals surface area contributed by atoms with Crippen molar-refractivity contribution in [2.24, 2.45) is 0 Å². The first kappa shape index (κ1) is 25.0. The molecule has 0 bridgehead atoms. The van der Waals surface area contributed by atoms with Crippen molar-refractivity contribution in [1.29, 1.82) is 0 Å². The number of likely N-dealkylation sites (N-methyl/N-ethyl adjacent to an activating group) is 1. The maximum Gasteiger partial charge on any atom is 0.260 e. The molecular formula is C24H30ClN3O5. The number of carbonyl (C=O) groups is 2. The van der Waals surface area contributed by atoms with E-state index in [1.54, 1.807) is 24.1 Å². The van der Waals surface area contributed by atoms with Crippen molar-refractivity contribution in [2.75, 3.05) is 65.1 Å². The van der Waals surface area contributed by atoms with E-state index in [9.17, 15) is 9.59 Å². The first-order valence-corrected chi connectivity index (χ1v) is 11.2. The number of halogens is 1. The van der Waals surface area contributed by atoms with Crippen LogP contribution in [0.2, 0.25) is 5.02 Å². The number of methoxy groups -OCH3 is 1. The Morgan fingerprint density at radius 3 is 2.67 bits per heavy atom. The molecular weight excluding hydrogens is 446 g/mol. The van der Waals surface area contributed by atoms with Gasteiger partial charge in [0.2, 0.25) is 5.91 Å². The Morgan fingerprint density at radius 2 is 1.94 bits per heavy atom. The molecule has 9 heteroatoms. The molecule has 8 nitrogen and oxygen atoms in total. The summed E-state index contributed by atoms with van der Waals surface area (Å²) < 4.78 is 10.5. The van der Waals surface area contributed by atoms with Crippen LogP contribution in [0.1, 0.15) is 15.9 Å². The van der Waals surface area contributed by atoms with Gasteiger partial charge in [-0.15, -0.1) is 0 Å². The third-order valence-corrected chi connectivity index (χ3v) is 5.81. The largest absolute Gasteiger partial charge is 0.491 e. The molecule has 0 radical (unpaired) electrons. The minimum absolute atomic E-state index is 0.0727. The Morgan fingerprint density at radius 1 is 1.15 bits per heavy atom. The Hall–Kier alpha value is -2.65. The SMILES string of the molecule is COCCN(C)CCN1Cc2ccccc2N(C(=O)c2ccc(OCCO)cc2Cl)CC1=O. The topological polar surface area (TPSA) is 82.6 Å². The number of amides is 2. The number of fused-ring (bicyclic) bond motifs is 1. The molecule has 178 valence electrons. The van der Waals surface area contributed by atoms with E-state index in [4.69, 9.17) is 26.2 Å². The highest BCUT2D eigenvalue weighted by molar-refractivity contribution is 6.34. The minimum Gasteiger partial charge on any atom is -0.491 e. The van der Waals surface area contributed by atoms with Gasteiger partial charge < -0.3 is 24.4 Å². The Balaban J connectivity index is 1.81. The fourth-order valence-corrected chi connectivity index (χ4v) is 3.88. The third kappa shape index (κ3) is 6.45. The molecule has 0 saturated heterocycles. The van der Waals surface area contributed by atoms with Crippen molar-refractivity contribution in [3.8, 4) is 5.75 Å². The van der Waals surface area contributed by atoms with E-state index in [1.807, 2.05) is 31.3 Å². The smallest absolute Gasteiger partial charge is 0.260 e. The van der Waals surface area contributed by atoms with Gasteiger partial charge in [0.05, 0.1) is 23.8 Å². The summed E-state index contributed by atoms with van der Waals surface area (Å²) in [5.74, 6) is -0.0194. The molecule has 0 unspecified atom stereocenters. The second kappa shape index (κ2) is 12.0. The normalized spacial score (nSPS) is 13.8. The summed E-state index contributed by atoms with van der Waals surface area (Å²) in [6, 6.07) is 12.3. The predicted molar refractivity (Wildman–Crippen MR) is 127 cm³/mol. The third-order valence-electron chi connectivity index (χ3n) is 5.49. The van der Waals surface area contributed by atoms with Gasteiger partial charge in [-0.1, -0.05) is 29.8 Å². The number of rotatable bonds is 10. The molecule has 1 aliphatic heterocycles. The molecule has 0 atom stereocenters. The zero-order valence-electron chi connectivity index (χ0n) is 19.0. The fourth-order valence-electron chi connectivity index (χ4n) is 3.63. The first-order valence-electron chi connectivity index (χ1n) is 10.8. The van der Waals surface area contributed by atoms with Crippen LogP contribution in [-0.4, -0.2) is 86.9 Å². The lowest BCUT2D eigenvalue weighted by Crippen LogP contribution is -2.42. The number of para-hydroxylation sites is 1. The maximum absolute atomic E-state index is 13.5. The molecule has 3 rings (SSSR count). The van der Waals surface area contributed by atoms with E-state index in [2.05, 4.69) is 4.90 Å². The number of nitrogens with zero attached hydrogens (tertiary/aromatic N) is 3. The number of aliphatic hydroxyl groups excluding tert-OH is 1. The van der Waals surface area contributed by atoms with E-state index in [1.165, 1.54) is 11.0 Å². The molecule has 1 aliphatic rings. The standard InChI is InChI=1S/C24H30ClN3O5/c1-26(11-13-32-2)9-10-27-16-18-5-3-4-6-22(18)28(17-23(27)30)24(31)20-8-7-19(15-21(20)25)33-14-12-29/h3-8,15,29H,9-14,16-17H2,1-2H3. The fraction of sp³-hybridized carbons (Fsp3) is 0.417. The summed E-state index contributed by atoms with van der Waals surface area (Å²) in [5.41, 5.74) is 1.88. The zero-order chi connectivity index (χ0) is 23.8. The summed E-state index contributed by atoms with van der Waals surface area (Å²) in [6.45, 7) is 3.02. The van der Waals surface area contributed by atoms with Crippen LogP contribution in [-0.2, 0) is 16.1 Å². The number of benzene rings is 2. The molecule has 0 aliphatic carbocycles. The monoisotopic (exact) mass is 475 g/mol. The molecule has 0 spiro atoms. The van der Waals surface area contributed by atoms with Gasteiger partial charge in [0.15, 0.2) is 0 Å². The molecule has 0 fully saturated rings. The Labute approximate surface area is 199 Å². The van der Waals surface area contributed by atoms with Crippen molar-refractivity contribution in [2.45, 2.75) is 6.54 Å². The van der Waals surface area contributed by atoms with Crippen LogP contribution in [0.4, 0.5) is 5.69 Å². The van der Waals surface area contributed by atoms with Gasteiger partial charge in [0, 0.05) is 39.0 Å². The summed E-state index contributed by atoms with van der Waals surface area (Å²) >= 11 is 6.38. The van der Waals surface area contributed by atoms with Crippen molar-refractivity contribution in [1.82, 2.24) is 9.80 Å². The average Bonchev–Trinajstić information content (AvgIpc) is 2.96. The van der Waals surface area contributed by atoms with Crippen molar-refractivity contribution >= 4 is 29.1 Å². The highest BCUT2D eigenvalue weighted by Gasteiger charge is 2.30. The molecule has 2 aromatic carbocycles. The number of aliphatic hydroxyl groups is 1. The number of ether oxygens (including phenoxy) is 2. The van der Waals surface area contributed by atoms with Gasteiger partial charge in [0.1, 0.15) is 18.9 Å². The van der Waals surface area contributed by atoms with Crippen LogP contribution >= 0.6 is 11.6 Å². The van der Waals surface area contributed by atoms with E-state index >= 15 is 0 Å². The van der Waals surface area contributed by atoms with Gasteiger partial charge in [-0.2, -0.15) is 0 Å². The second-order valence-corrected chi connectivity index (χ2v) is 8.25. The predicted octanol–water partition coefficient (Wildman–Crippen LogP) is 2.28. The number of hydrogen-bond acceptors (Lipinski definition) is 6. The second-order valence-electron chi connectivity index (χ2n) is 7.85. The van der Waals surface area contributed by atoms with Crippen LogP contribution < -0.4 is 9.64 Å². The van der Waals surface area contributed by atoms with Crippen LogP contribution in [0, 0.1) is 0 Å². The van der Waals surface area contributed by atoms with Crippen molar-refractivity contribution in [3.63, 3.8) is 0 Å². The molecule has 1 heterocycles. The quantitative estimate of drug-likeness (QED) is 0.567. The maximum atomic E-state index is 13.5. The van der Waals surface area contributed by atoms with Crippen LogP contribution in [0.15, 0.2) is 42.5 Å². The van der Waals surface area contributed by atoms with E-state index in [-0.39, 0.29) is 42.2 Å². The van der Waals surface area contributed by atoms with Crippen LogP contribution in [0.5, 0.6) is 5.75 Å². The average molecular weight is 476 g/mol. The minimum atomic E-state index is -0.353. The van der Waals surface area contributed by atoms with E-state index in [0.717, 1.165) is 12.1 Å². The number of carbonyl (C=O) groups excluding carboxylic acids is 2. The van der Waals surface area contributed by atoms with Gasteiger partial charge in [-0.25, -0.2) is 0 Å². The summed E-state index contributed by atoms with van der Waals surface area (Å²) in [4.78, 5) is 32.0. The van der Waals surface area contributed by atoms with E-state index < -0.39 is 0 Å².